The van der Waals surface area contributed by atoms with Crippen LogP contribution < -0.4 is 39.1 Å². The zero-order valence-corrected chi connectivity index (χ0v) is 45.9. The highest BCUT2D eigenvalue weighted by Gasteiger charge is 2.22. The van der Waals surface area contributed by atoms with Crippen LogP contribution in [0.15, 0.2) is 99.9 Å². The van der Waals surface area contributed by atoms with Gasteiger partial charge in [-0.3, -0.25) is 4.79 Å². The molecule has 0 spiro atoms. The number of nitrogens with one attached hydrogen (secondary N) is 2. The Morgan fingerprint density at radius 3 is 1.69 bits per heavy atom. The summed E-state index contributed by atoms with van der Waals surface area (Å²) < 4.78 is 37.2. The van der Waals surface area contributed by atoms with E-state index in [1.165, 1.54) is 0 Å². The van der Waals surface area contributed by atoms with E-state index < -0.39 is 0 Å². The molecule has 8 rings (SSSR count). The third-order valence-electron chi connectivity index (χ3n) is 12.4. The van der Waals surface area contributed by atoms with Gasteiger partial charge in [0, 0.05) is 92.5 Å². The van der Waals surface area contributed by atoms with Crippen LogP contribution in [0.2, 0.25) is 5.15 Å². The Kier molecular flexibility index (Phi) is 18.9. The second kappa shape index (κ2) is 25.4. The molecule has 0 atom stereocenters. The number of pyridine rings is 2. The van der Waals surface area contributed by atoms with Crippen LogP contribution in [0.25, 0.3) is 32.8 Å². The van der Waals surface area contributed by atoms with Crippen molar-refractivity contribution < 1.29 is 33.2 Å². The SMILES string of the molecule is CCCCC(=O)Cc1c(Cl)nc2ccc(Br)cc2c1NCc1ccc(OC)cc1OC.CCCCc1nc2c(NCc3ccc(OC)cc3OC)nc3ccc(Br)cc3c2n1Cc1ccc(OC)cc1OC. The number of aromatic nitrogens is 4. The molecule has 13 nitrogen and oxygen atoms in total. The lowest BCUT2D eigenvalue weighted by Crippen LogP contribution is -2.10. The standard InChI is InChI=1S/C32H35BrN4O4.C24H26BrClN2O3/c1-6-7-8-29-36-30-31(37(29)19-21-10-13-24(39-3)17-28(21)41-5)25-15-22(33)11-14-26(25)35-32(30)34-18-20-9-12-23(38-2)16-27(20)40-4;1-4-5-6-17(29)12-20-23(19-11-16(25)8-10-21(19)28-24(20)26)27-14-15-7-9-18(30-2)13-22(15)31-3/h9-17H,6-8,18-19H2,1-5H3,(H,34,35);7-11,13H,4-6,12,14H2,1-3H3,(H,27,28). The van der Waals surface area contributed by atoms with Crippen molar-refractivity contribution in [3.05, 3.63) is 133 Å². The van der Waals surface area contributed by atoms with E-state index in [4.69, 9.17) is 50.0 Å². The van der Waals surface area contributed by atoms with E-state index >= 15 is 0 Å². The molecule has 0 unspecified atom stereocenters. The number of unbranched alkanes of at least 4 members (excludes halogenated alkanes) is 2. The fraction of sp³-hybridized carbons (Fsp3) is 0.321. The van der Waals surface area contributed by atoms with Crippen LogP contribution in [0.3, 0.4) is 0 Å². The van der Waals surface area contributed by atoms with Gasteiger partial charge in [0.15, 0.2) is 5.82 Å². The molecule has 5 aromatic carbocycles. The molecular weight excluding hydrogens is 1060 g/mol. The van der Waals surface area contributed by atoms with Crippen LogP contribution >= 0.6 is 43.5 Å². The maximum absolute atomic E-state index is 12.6. The minimum atomic E-state index is 0.157. The first-order chi connectivity index (χ1) is 34.9. The maximum atomic E-state index is 12.6. The molecule has 0 radical (unpaired) electrons. The molecule has 0 bridgehead atoms. The summed E-state index contributed by atoms with van der Waals surface area (Å²) in [5.74, 6) is 6.37. The van der Waals surface area contributed by atoms with Crippen LogP contribution in [0, 0.1) is 0 Å². The second-order valence-electron chi connectivity index (χ2n) is 17.0. The predicted molar refractivity (Wildman–Crippen MR) is 296 cm³/mol. The molecular formula is C56H61Br2ClN6O7. The first kappa shape index (κ1) is 53.5. The van der Waals surface area contributed by atoms with Gasteiger partial charge in [-0.2, -0.15) is 0 Å². The van der Waals surface area contributed by atoms with Gasteiger partial charge in [-0.05, 0) is 85.6 Å². The monoisotopic (exact) mass is 1120 g/mol. The third-order valence-corrected chi connectivity index (χ3v) is 13.7. The van der Waals surface area contributed by atoms with Gasteiger partial charge >= 0.3 is 0 Å². The number of anilines is 2. The normalized spacial score (nSPS) is 11.0. The van der Waals surface area contributed by atoms with Crippen LogP contribution in [0.5, 0.6) is 34.5 Å². The molecule has 0 saturated heterocycles. The molecule has 0 fully saturated rings. The molecule has 3 aromatic heterocycles. The Bertz CT molecular complexity index is 3190. The number of halogens is 3. The minimum Gasteiger partial charge on any atom is -0.497 e. The van der Waals surface area contributed by atoms with Crippen LogP contribution in [-0.2, 0) is 37.3 Å². The first-order valence-electron chi connectivity index (χ1n) is 23.8. The molecule has 8 aromatic rings. The summed E-state index contributed by atoms with van der Waals surface area (Å²) in [6.45, 7) is 5.87. The average molecular weight is 1130 g/mol. The van der Waals surface area contributed by atoms with Gasteiger partial charge in [-0.1, -0.05) is 70.1 Å². The maximum Gasteiger partial charge on any atom is 0.155 e. The van der Waals surface area contributed by atoms with Gasteiger partial charge < -0.3 is 43.6 Å². The number of benzene rings is 5. The topological polar surface area (TPSA) is 140 Å². The Morgan fingerprint density at radius 1 is 0.611 bits per heavy atom. The number of Topliss-reactive ketones (excluding diaryl/α,β-unsaturated/α-hetero) is 1. The van der Waals surface area contributed by atoms with Gasteiger partial charge in [-0.15, -0.1) is 0 Å². The lowest BCUT2D eigenvalue weighted by atomic mass is 10.0. The summed E-state index contributed by atoms with van der Waals surface area (Å²) >= 11 is 13.8. The number of aryl methyl sites for hydroxylation is 1. The van der Waals surface area contributed by atoms with E-state index in [1.807, 2.05) is 78.9 Å². The smallest absolute Gasteiger partial charge is 0.155 e. The summed E-state index contributed by atoms with van der Waals surface area (Å²) in [4.78, 5) is 27.3. The zero-order valence-electron chi connectivity index (χ0n) is 42.0. The van der Waals surface area contributed by atoms with E-state index in [-0.39, 0.29) is 12.2 Å². The highest BCUT2D eigenvalue weighted by atomic mass is 79.9. The van der Waals surface area contributed by atoms with Crippen molar-refractivity contribution in [2.75, 3.05) is 53.3 Å². The van der Waals surface area contributed by atoms with Crippen molar-refractivity contribution in [2.24, 2.45) is 0 Å². The van der Waals surface area contributed by atoms with Gasteiger partial charge in [0.2, 0.25) is 0 Å². The summed E-state index contributed by atoms with van der Waals surface area (Å²) in [6.07, 6.45) is 5.59. The van der Waals surface area contributed by atoms with Crippen molar-refractivity contribution in [2.45, 2.75) is 78.4 Å². The van der Waals surface area contributed by atoms with Crippen molar-refractivity contribution in [3.63, 3.8) is 0 Å². The van der Waals surface area contributed by atoms with E-state index in [0.29, 0.717) is 31.2 Å². The third kappa shape index (κ3) is 12.7. The summed E-state index contributed by atoms with van der Waals surface area (Å²) in [5, 5.41) is 9.35. The molecule has 0 amide bonds. The number of ketones is 1. The molecule has 72 heavy (non-hydrogen) atoms. The zero-order chi connectivity index (χ0) is 51.3. The molecule has 3 heterocycles. The number of nitrogens with zero attached hydrogens (tertiary/aromatic N) is 4. The van der Waals surface area contributed by atoms with Gasteiger partial charge in [-0.25, -0.2) is 15.0 Å². The fourth-order valence-electron chi connectivity index (χ4n) is 8.50. The molecule has 0 aliphatic heterocycles. The van der Waals surface area contributed by atoms with E-state index in [2.05, 4.69) is 78.0 Å². The number of carbonyl (C=O) groups is 1. The molecule has 378 valence electrons. The van der Waals surface area contributed by atoms with Crippen molar-refractivity contribution in [1.29, 1.82) is 0 Å². The molecule has 2 N–H and O–H groups in total. The van der Waals surface area contributed by atoms with Crippen LogP contribution in [-0.4, -0.2) is 68.0 Å². The largest absolute Gasteiger partial charge is 0.497 e. The highest BCUT2D eigenvalue weighted by Crippen LogP contribution is 2.37. The Balaban J connectivity index is 0.000000220. The number of methoxy groups -OCH3 is 6. The number of fused-ring (bicyclic) bond motifs is 4. The minimum absolute atomic E-state index is 0.157. The quantitative estimate of drug-likeness (QED) is 0.0624. The number of hydrogen-bond donors (Lipinski definition) is 2. The molecule has 0 aliphatic carbocycles. The van der Waals surface area contributed by atoms with Gasteiger partial charge in [0.1, 0.15) is 56.8 Å². The number of ether oxygens (including phenoxy) is 6. The van der Waals surface area contributed by atoms with Crippen LogP contribution in [0.4, 0.5) is 11.5 Å². The summed E-state index contributed by atoms with van der Waals surface area (Å²) in [5.41, 5.74) is 8.06. The van der Waals surface area contributed by atoms with E-state index in [1.54, 1.807) is 42.7 Å². The lowest BCUT2D eigenvalue weighted by Gasteiger charge is -2.18. The van der Waals surface area contributed by atoms with Crippen molar-refractivity contribution >= 4 is 93.6 Å². The van der Waals surface area contributed by atoms with E-state index in [0.717, 1.165) is 148 Å². The number of hydrogen-bond acceptors (Lipinski definition) is 12. The number of imidazole rings is 1. The van der Waals surface area contributed by atoms with E-state index in [9.17, 15) is 4.79 Å². The average Bonchev–Trinajstić information content (AvgIpc) is 3.77. The van der Waals surface area contributed by atoms with Crippen LogP contribution in [0.1, 0.15) is 74.0 Å². The second-order valence-corrected chi connectivity index (χ2v) is 19.2. The number of rotatable bonds is 22. The highest BCUT2D eigenvalue weighted by molar-refractivity contribution is 9.10. The predicted octanol–water partition coefficient (Wildman–Crippen LogP) is 14.0. The van der Waals surface area contributed by atoms with Gasteiger partial charge in [0.25, 0.3) is 0 Å². The fourth-order valence-corrected chi connectivity index (χ4v) is 9.48. The Morgan fingerprint density at radius 2 is 1.14 bits per heavy atom. The Labute approximate surface area is 443 Å². The summed E-state index contributed by atoms with van der Waals surface area (Å²) in [7, 11) is 9.91. The molecule has 16 heteroatoms. The van der Waals surface area contributed by atoms with Gasteiger partial charge in [0.05, 0.1) is 71.4 Å². The van der Waals surface area contributed by atoms with Crippen molar-refractivity contribution in [1.82, 2.24) is 19.5 Å². The molecule has 0 saturated carbocycles. The molecule has 0 aliphatic rings. The number of carbonyl (C=O) groups excluding carboxylic acids is 1. The lowest BCUT2D eigenvalue weighted by molar-refractivity contribution is -0.118. The van der Waals surface area contributed by atoms with Crippen molar-refractivity contribution in [3.8, 4) is 34.5 Å². The first-order valence-corrected chi connectivity index (χ1v) is 25.8. The Hall–Kier alpha value is -6.29. The summed E-state index contributed by atoms with van der Waals surface area (Å²) in [6, 6.07) is 29.5.